The van der Waals surface area contributed by atoms with Gasteiger partial charge in [-0.05, 0) is 122 Å². The van der Waals surface area contributed by atoms with Gasteiger partial charge >= 0.3 is 0 Å². The largest absolute Gasteiger partial charge is 0.310 e. The molecule has 0 bridgehead atoms. The molecule has 258 valence electrons. The molecule has 0 N–H and O–H groups in total. The molecular weight excluding hydrogens is 653 g/mol. The molecule has 2 heteroatoms. The van der Waals surface area contributed by atoms with Gasteiger partial charge in [-0.25, -0.2) is 0 Å². The first-order valence-corrected chi connectivity index (χ1v) is 19.1. The summed E-state index contributed by atoms with van der Waals surface area (Å²) >= 11 is 0. The summed E-state index contributed by atoms with van der Waals surface area (Å²) in [5.41, 5.74) is 17.6. The first kappa shape index (κ1) is 31.2. The van der Waals surface area contributed by atoms with Crippen LogP contribution in [0.25, 0.3) is 60.5 Å². The van der Waals surface area contributed by atoms with Crippen LogP contribution in [0.2, 0.25) is 0 Å². The van der Waals surface area contributed by atoms with Crippen LogP contribution in [0.5, 0.6) is 0 Å². The summed E-state index contributed by atoms with van der Waals surface area (Å²) in [7, 11) is 0. The van der Waals surface area contributed by atoms with Gasteiger partial charge in [0.05, 0.1) is 11.0 Å². The van der Waals surface area contributed by atoms with Crippen LogP contribution < -0.4 is 4.90 Å². The standard InChI is InChI=1S/C52H40N2/c1-51(2)45-20-12-10-18-39(45)40-25-22-37(31-48(40)51)53(36-24-27-46-44(30-36)43-28-33-14-8-9-15-34(33)29-47(43)52(46,3)4)38-23-26-42-41-19-11-13-21-49(41)54(50(42)32-38)35-16-6-5-7-17-35/h5-32H,1-4H3. The second-order valence-electron chi connectivity index (χ2n) is 16.2. The highest BCUT2D eigenvalue weighted by Gasteiger charge is 2.38. The van der Waals surface area contributed by atoms with Crippen molar-refractivity contribution in [1.29, 1.82) is 0 Å². The van der Waals surface area contributed by atoms with E-state index in [1.807, 2.05) is 0 Å². The first-order chi connectivity index (χ1) is 26.3. The molecule has 0 radical (unpaired) electrons. The topological polar surface area (TPSA) is 8.17 Å². The Morgan fingerprint density at radius 2 is 0.926 bits per heavy atom. The Hall–Kier alpha value is -6.38. The van der Waals surface area contributed by atoms with Crippen molar-refractivity contribution in [2.24, 2.45) is 0 Å². The molecule has 0 spiro atoms. The predicted molar refractivity (Wildman–Crippen MR) is 228 cm³/mol. The minimum Gasteiger partial charge on any atom is -0.310 e. The molecule has 2 nitrogen and oxygen atoms in total. The van der Waals surface area contributed by atoms with Crippen molar-refractivity contribution in [1.82, 2.24) is 4.57 Å². The number of benzene rings is 8. The molecule has 54 heavy (non-hydrogen) atoms. The average Bonchev–Trinajstić information content (AvgIpc) is 3.74. The van der Waals surface area contributed by atoms with Crippen molar-refractivity contribution < 1.29 is 0 Å². The van der Waals surface area contributed by atoms with Crippen LogP contribution in [-0.2, 0) is 10.8 Å². The normalized spacial score (nSPS) is 14.6. The molecule has 1 aromatic heterocycles. The lowest BCUT2D eigenvalue weighted by molar-refractivity contribution is 0.660. The summed E-state index contributed by atoms with van der Waals surface area (Å²) in [6, 6.07) is 63.4. The third-order valence-electron chi connectivity index (χ3n) is 12.5. The van der Waals surface area contributed by atoms with E-state index in [2.05, 4.69) is 207 Å². The summed E-state index contributed by atoms with van der Waals surface area (Å²) < 4.78 is 2.42. The molecule has 0 fully saturated rings. The SMILES string of the molecule is CC1(C)c2ccccc2-c2ccc(N(c3ccc4c(c3)-c3cc5ccccc5cc3C4(C)C)c3ccc4c5ccccc5n(-c5ccccc5)c4c3)cc21. The van der Waals surface area contributed by atoms with E-state index < -0.39 is 0 Å². The van der Waals surface area contributed by atoms with Crippen LogP contribution in [0, 0.1) is 0 Å². The van der Waals surface area contributed by atoms with E-state index in [9.17, 15) is 0 Å². The van der Waals surface area contributed by atoms with E-state index in [-0.39, 0.29) is 10.8 Å². The fraction of sp³-hybridized carbons (Fsp3) is 0.115. The smallest absolute Gasteiger partial charge is 0.0561 e. The average molecular weight is 693 g/mol. The fourth-order valence-corrected chi connectivity index (χ4v) is 9.80. The Bertz CT molecular complexity index is 3000. The van der Waals surface area contributed by atoms with Gasteiger partial charge in [-0.15, -0.1) is 0 Å². The Morgan fingerprint density at radius 3 is 1.76 bits per heavy atom. The molecule has 0 saturated carbocycles. The van der Waals surface area contributed by atoms with Crippen LogP contribution in [0.15, 0.2) is 170 Å². The number of aromatic nitrogens is 1. The van der Waals surface area contributed by atoms with E-state index in [0.717, 1.165) is 22.7 Å². The summed E-state index contributed by atoms with van der Waals surface area (Å²) in [5, 5.41) is 5.08. The zero-order chi connectivity index (χ0) is 36.3. The van der Waals surface area contributed by atoms with Crippen molar-refractivity contribution in [3.8, 4) is 27.9 Å². The van der Waals surface area contributed by atoms with Gasteiger partial charge in [0, 0.05) is 44.4 Å². The number of nitrogens with zero attached hydrogens (tertiary/aromatic N) is 2. The molecule has 0 amide bonds. The lowest BCUT2D eigenvalue weighted by Gasteiger charge is -2.29. The van der Waals surface area contributed by atoms with Crippen LogP contribution in [0.3, 0.4) is 0 Å². The molecule has 2 aliphatic carbocycles. The van der Waals surface area contributed by atoms with Crippen LogP contribution in [0.4, 0.5) is 17.1 Å². The van der Waals surface area contributed by atoms with Gasteiger partial charge in [-0.1, -0.05) is 131 Å². The summed E-state index contributed by atoms with van der Waals surface area (Å²) in [4.78, 5) is 2.48. The van der Waals surface area contributed by atoms with E-state index in [0.29, 0.717) is 0 Å². The predicted octanol–water partition coefficient (Wildman–Crippen LogP) is 14.0. The maximum absolute atomic E-state index is 2.48. The number of hydrogen-bond acceptors (Lipinski definition) is 1. The minimum absolute atomic E-state index is 0.100. The van der Waals surface area contributed by atoms with Crippen molar-refractivity contribution >= 4 is 49.6 Å². The molecule has 0 unspecified atom stereocenters. The van der Waals surface area contributed by atoms with E-state index in [1.165, 1.54) is 77.1 Å². The molecule has 2 aliphatic rings. The summed E-state index contributed by atoms with van der Waals surface area (Å²) in [6.07, 6.45) is 0. The Kier molecular flexibility index (Phi) is 6.39. The highest BCUT2D eigenvalue weighted by atomic mass is 15.1. The molecule has 1 heterocycles. The first-order valence-electron chi connectivity index (χ1n) is 19.1. The molecule has 0 atom stereocenters. The Balaban J connectivity index is 1.17. The zero-order valence-corrected chi connectivity index (χ0v) is 31.1. The van der Waals surface area contributed by atoms with E-state index in [1.54, 1.807) is 0 Å². The second-order valence-corrected chi connectivity index (χ2v) is 16.2. The summed E-state index contributed by atoms with van der Waals surface area (Å²) in [5.74, 6) is 0. The van der Waals surface area contributed by atoms with Gasteiger partial charge in [0.25, 0.3) is 0 Å². The van der Waals surface area contributed by atoms with Crippen molar-refractivity contribution in [3.63, 3.8) is 0 Å². The quantitative estimate of drug-likeness (QED) is 0.178. The Morgan fingerprint density at radius 1 is 0.370 bits per heavy atom. The van der Waals surface area contributed by atoms with Gasteiger partial charge in [0.1, 0.15) is 0 Å². The van der Waals surface area contributed by atoms with Crippen molar-refractivity contribution in [3.05, 3.63) is 192 Å². The van der Waals surface area contributed by atoms with Crippen LogP contribution in [0.1, 0.15) is 49.9 Å². The van der Waals surface area contributed by atoms with E-state index >= 15 is 0 Å². The maximum atomic E-state index is 2.48. The second kappa shape index (κ2) is 11.1. The number of rotatable bonds is 4. The van der Waals surface area contributed by atoms with Crippen molar-refractivity contribution in [2.45, 2.75) is 38.5 Å². The maximum Gasteiger partial charge on any atom is 0.0561 e. The monoisotopic (exact) mass is 692 g/mol. The number of para-hydroxylation sites is 2. The fourth-order valence-electron chi connectivity index (χ4n) is 9.80. The lowest BCUT2D eigenvalue weighted by atomic mass is 9.82. The van der Waals surface area contributed by atoms with Gasteiger partial charge in [0.15, 0.2) is 0 Å². The van der Waals surface area contributed by atoms with Gasteiger partial charge < -0.3 is 9.47 Å². The van der Waals surface area contributed by atoms with Crippen LogP contribution in [-0.4, -0.2) is 4.57 Å². The van der Waals surface area contributed by atoms with Gasteiger partial charge in [-0.2, -0.15) is 0 Å². The molecule has 0 saturated heterocycles. The molecule has 0 aliphatic heterocycles. The summed E-state index contributed by atoms with van der Waals surface area (Å²) in [6.45, 7) is 9.49. The third-order valence-corrected chi connectivity index (χ3v) is 12.5. The molecule has 8 aromatic carbocycles. The lowest BCUT2D eigenvalue weighted by Crippen LogP contribution is -2.17. The number of anilines is 3. The third kappa shape index (κ3) is 4.28. The van der Waals surface area contributed by atoms with E-state index in [4.69, 9.17) is 0 Å². The minimum atomic E-state index is -0.112. The zero-order valence-electron chi connectivity index (χ0n) is 31.1. The van der Waals surface area contributed by atoms with Gasteiger partial charge in [-0.3, -0.25) is 0 Å². The van der Waals surface area contributed by atoms with Crippen molar-refractivity contribution in [2.75, 3.05) is 4.90 Å². The Labute approximate surface area is 316 Å². The highest BCUT2D eigenvalue weighted by molar-refractivity contribution is 6.10. The number of hydrogen-bond donors (Lipinski definition) is 0. The highest BCUT2D eigenvalue weighted by Crippen LogP contribution is 2.54. The molecular formula is C52H40N2. The number of fused-ring (bicyclic) bond motifs is 10. The van der Waals surface area contributed by atoms with Gasteiger partial charge in [0.2, 0.25) is 0 Å². The van der Waals surface area contributed by atoms with Crippen LogP contribution >= 0.6 is 0 Å². The molecule has 9 aromatic rings. The molecule has 11 rings (SSSR count).